The van der Waals surface area contributed by atoms with E-state index < -0.39 is 0 Å². The van der Waals surface area contributed by atoms with Gasteiger partial charge in [-0.1, -0.05) is 26.2 Å². The summed E-state index contributed by atoms with van der Waals surface area (Å²) >= 11 is 0. The maximum atomic E-state index is 11.2. The van der Waals surface area contributed by atoms with Crippen molar-refractivity contribution >= 4 is 5.91 Å². The Kier molecular flexibility index (Phi) is 5.60. The van der Waals surface area contributed by atoms with Gasteiger partial charge in [0.05, 0.1) is 6.54 Å². The number of hydrogen-bond acceptors (Lipinski definition) is 2. The molecule has 3 heteroatoms. The number of rotatable bonds is 8. The van der Waals surface area contributed by atoms with Crippen LogP contribution in [0.25, 0.3) is 0 Å². The molecule has 1 amide bonds. The van der Waals surface area contributed by atoms with Crippen molar-refractivity contribution in [3.05, 3.63) is 0 Å². The highest BCUT2D eigenvalue weighted by Crippen LogP contribution is 2.31. The first-order valence-corrected chi connectivity index (χ1v) is 5.80. The zero-order valence-corrected chi connectivity index (χ0v) is 9.14. The lowest BCUT2D eigenvalue weighted by molar-refractivity contribution is -0.120. The Hall–Kier alpha value is -0.570. The molecule has 82 valence electrons. The molecule has 1 rings (SSSR count). The number of hydrogen-bond donors (Lipinski definition) is 2. The van der Waals surface area contributed by atoms with E-state index in [-0.39, 0.29) is 5.91 Å². The van der Waals surface area contributed by atoms with Gasteiger partial charge in [0.25, 0.3) is 0 Å². The molecule has 0 bridgehead atoms. The van der Waals surface area contributed by atoms with Crippen molar-refractivity contribution in [3.8, 4) is 0 Å². The van der Waals surface area contributed by atoms with E-state index in [0.29, 0.717) is 6.54 Å². The zero-order chi connectivity index (χ0) is 10.2. The van der Waals surface area contributed by atoms with Gasteiger partial charge in [0.1, 0.15) is 0 Å². The summed E-state index contributed by atoms with van der Waals surface area (Å²) < 4.78 is 0. The van der Waals surface area contributed by atoms with Crippen LogP contribution in [-0.2, 0) is 4.79 Å². The molecule has 3 nitrogen and oxygen atoms in total. The van der Waals surface area contributed by atoms with E-state index in [1.54, 1.807) is 0 Å². The molecule has 0 aromatic rings. The van der Waals surface area contributed by atoms with E-state index in [9.17, 15) is 4.79 Å². The molecule has 1 aliphatic carbocycles. The van der Waals surface area contributed by atoms with Gasteiger partial charge in [0, 0.05) is 6.54 Å². The molecular formula is C11H22N2O. The lowest BCUT2D eigenvalue weighted by Crippen LogP contribution is -2.34. The van der Waals surface area contributed by atoms with Gasteiger partial charge in [0.15, 0.2) is 0 Å². The average Bonchev–Trinajstić information content (AvgIpc) is 2.97. The molecule has 0 aromatic heterocycles. The smallest absolute Gasteiger partial charge is 0.233 e. The number of nitrogens with one attached hydrogen (secondary N) is 2. The van der Waals surface area contributed by atoms with Gasteiger partial charge in [-0.25, -0.2) is 0 Å². The zero-order valence-electron chi connectivity index (χ0n) is 9.14. The first kappa shape index (κ1) is 11.5. The maximum Gasteiger partial charge on any atom is 0.233 e. The molecule has 1 saturated carbocycles. The standard InChI is InChI=1S/C11H22N2O/c1-2-3-7-13-11(14)9-12-8-6-10-4-5-10/h10,12H,2-9H2,1H3,(H,13,14). The highest BCUT2D eigenvalue weighted by molar-refractivity contribution is 5.77. The number of carbonyl (C=O) groups is 1. The Labute approximate surface area is 86.6 Å². The van der Waals surface area contributed by atoms with E-state index in [1.807, 2.05) is 0 Å². The first-order chi connectivity index (χ1) is 6.83. The minimum absolute atomic E-state index is 0.134. The summed E-state index contributed by atoms with van der Waals surface area (Å²) in [6.07, 6.45) is 6.24. The van der Waals surface area contributed by atoms with Gasteiger partial charge < -0.3 is 10.6 Å². The van der Waals surface area contributed by atoms with Crippen molar-refractivity contribution < 1.29 is 4.79 Å². The molecule has 0 heterocycles. The molecule has 14 heavy (non-hydrogen) atoms. The third-order valence-corrected chi connectivity index (χ3v) is 2.56. The molecule has 0 unspecified atom stereocenters. The van der Waals surface area contributed by atoms with E-state index >= 15 is 0 Å². The molecule has 0 radical (unpaired) electrons. The van der Waals surface area contributed by atoms with Crippen molar-refractivity contribution in [1.29, 1.82) is 0 Å². The SMILES string of the molecule is CCCCNC(=O)CNCCC1CC1. The second-order valence-electron chi connectivity index (χ2n) is 4.11. The predicted molar refractivity (Wildman–Crippen MR) is 58.1 cm³/mol. The summed E-state index contributed by atoms with van der Waals surface area (Å²) in [7, 11) is 0. The van der Waals surface area contributed by atoms with Crippen LogP contribution in [0.1, 0.15) is 39.0 Å². The quantitative estimate of drug-likeness (QED) is 0.577. The topological polar surface area (TPSA) is 41.1 Å². The minimum atomic E-state index is 0.134. The fraction of sp³-hybridized carbons (Fsp3) is 0.909. The van der Waals surface area contributed by atoms with Gasteiger partial charge in [-0.05, 0) is 25.3 Å². The molecule has 0 aromatic carbocycles. The largest absolute Gasteiger partial charge is 0.355 e. The molecule has 0 aliphatic heterocycles. The van der Waals surface area contributed by atoms with Gasteiger partial charge in [-0.2, -0.15) is 0 Å². The van der Waals surface area contributed by atoms with Gasteiger partial charge in [0.2, 0.25) is 5.91 Å². The lowest BCUT2D eigenvalue weighted by atomic mass is 10.3. The van der Waals surface area contributed by atoms with Crippen LogP contribution >= 0.6 is 0 Å². The summed E-state index contributed by atoms with van der Waals surface area (Å²) in [6.45, 7) is 4.42. The number of unbranched alkanes of at least 4 members (excludes halogenated alkanes) is 1. The molecule has 2 N–H and O–H groups in total. The van der Waals surface area contributed by atoms with Crippen molar-refractivity contribution in [1.82, 2.24) is 10.6 Å². The van der Waals surface area contributed by atoms with Gasteiger partial charge in [-0.15, -0.1) is 0 Å². The van der Waals surface area contributed by atoms with Crippen molar-refractivity contribution in [3.63, 3.8) is 0 Å². The number of carbonyl (C=O) groups excluding carboxylic acids is 1. The van der Waals surface area contributed by atoms with E-state index in [0.717, 1.165) is 31.8 Å². The minimum Gasteiger partial charge on any atom is -0.355 e. The summed E-state index contributed by atoms with van der Waals surface area (Å²) in [5, 5.41) is 6.06. The highest BCUT2D eigenvalue weighted by atomic mass is 16.1. The van der Waals surface area contributed by atoms with Crippen LogP contribution in [0.5, 0.6) is 0 Å². The van der Waals surface area contributed by atoms with E-state index in [1.165, 1.54) is 19.3 Å². The second kappa shape index (κ2) is 6.82. The first-order valence-electron chi connectivity index (χ1n) is 5.80. The normalized spacial score (nSPS) is 15.5. The second-order valence-corrected chi connectivity index (χ2v) is 4.11. The van der Waals surface area contributed by atoms with E-state index in [2.05, 4.69) is 17.6 Å². The van der Waals surface area contributed by atoms with Crippen LogP contribution in [0, 0.1) is 5.92 Å². The lowest BCUT2D eigenvalue weighted by Gasteiger charge is -2.05. The molecule has 0 spiro atoms. The van der Waals surface area contributed by atoms with Gasteiger partial charge in [-0.3, -0.25) is 4.79 Å². The molecule has 0 atom stereocenters. The van der Waals surface area contributed by atoms with E-state index in [4.69, 9.17) is 0 Å². The van der Waals surface area contributed by atoms with Crippen LogP contribution in [0.4, 0.5) is 0 Å². The van der Waals surface area contributed by atoms with Crippen LogP contribution in [0.2, 0.25) is 0 Å². The predicted octanol–water partition coefficient (Wildman–Crippen LogP) is 1.29. The molecule has 1 fully saturated rings. The Morgan fingerprint density at radius 3 is 2.79 bits per heavy atom. The summed E-state index contributed by atoms with van der Waals surface area (Å²) in [4.78, 5) is 11.2. The average molecular weight is 198 g/mol. The maximum absolute atomic E-state index is 11.2. The Balaban J connectivity index is 1.81. The van der Waals surface area contributed by atoms with Crippen LogP contribution in [0.15, 0.2) is 0 Å². The van der Waals surface area contributed by atoms with Crippen LogP contribution in [-0.4, -0.2) is 25.5 Å². The third-order valence-electron chi connectivity index (χ3n) is 2.56. The van der Waals surface area contributed by atoms with Gasteiger partial charge >= 0.3 is 0 Å². The summed E-state index contributed by atoms with van der Waals surface area (Å²) in [6, 6.07) is 0. The van der Waals surface area contributed by atoms with Crippen molar-refractivity contribution in [2.45, 2.75) is 39.0 Å². The highest BCUT2D eigenvalue weighted by Gasteiger charge is 2.19. The van der Waals surface area contributed by atoms with Crippen LogP contribution in [0.3, 0.4) is 0 Å². The number of amides is 1. The summed E-state index contributed by atoms with van der Waals surface area (Å²) in [5.74, 6) is 1.08. The molecular weight excluding hydrogens is 176 g/mol. The Morgan fingerprint density at radius 1 is 1.36 bits per heavy atom. The van der Waals surface area contributed by atoms with Crippen molar-refractivity contribution in [2.75, 3.05) is 19.6 Å². The fourth-order valence-corrected chi connectivity index (χ4v) is 1.38. The third kappa shape index (κ3) is 5.97. The fourth-order valence-electron chi connectivity index (χ4n) is 1.38. The Bertz CT molecular complexity index is 167. The molecule has 1 aliphatic rings. The van der Waals surface area contributed by atoms with Crippen LogP contribution < -0.4 is 10.6 Å². The van der Waals surface area contributed by atoms with Crippen molar-refractivity contribution in [2.24, 2.45) is 5.92 Å². The monoisotopic (exact) mass is 198 g/mol. The summed E-state index contributed by atoms with van der Waals surface area (Å²) in [5.41, 5.74) is 0. The Morgan fingerprint density at radius 2 is 2.14 bits per heavy atom. The molecule has 0 saturated heterocycles.